The van der Waals surface area contributed by atoms with Crippen LogP contribution in [-0.2, 0) is 15.0 Å². The van der Waals surface area contributed by atoms with Crippen LogP contribution in [0, 0.1) is 0 Å². The summed E-state index contributed by atoms with van der Waals surface area (Å²) in [5.41, 5.74) is 0.674. The topological polar surface area (TPSA) is 76.7 Å². The van der Waals surface area contributed by atoms with E-state index >= 15 is 0 Å². The van der Waals surface area contributed by atoms with Crippen molar-refractivity contribution in [1.29, 1.82) is 0 Å². The second-order valence-corrected chi connectivity index (χ2v) is 7.74. The highest BCUT2D eigenvalue weighted by Gasteiger charge is 2.31. The highest BCUT2D eigenvalue weighted by molar-refractivity contribution is 6.03. The predicted octanol–water partition coefficient (Wildman–Crippen LogP) is 3.64. The third-order valence-electron chi connectivity index (χ3n) is 5.30. The van der Waals surface area contributed by atoms with Gasteiger partial charge in [0.1, 0.15) is 13.2 Å². The van der Waals surface area contributed by atoms with E-state index in [1.54, 1.807) is 0 Å². The number of hydrogen-bond donors (Lipinski definition) is 2. The third kappa shape index (κ3) is 3.94. The largest absolute Gasteiger partial charge is 0.486 e. The summed E-state index contributed by atoms with van der Waals surface area (Å²) in [5, 5.41) is 7.62. The lowest BCUT2D eigenvalue weighted by Gasteiger charge is -2.26. The van der Waals surface area contributed by atoms with E-state index in [1.807, 2.05) is 74.5 Å². The number of rotatable bonds is 5. The molecule has 1 aliphatic heterocycles. The average molecular weight is 404 g/mol. The van der Waals surface area contributed by atoms with Gasteiger partial charge in [0.2, 0.25) is 11.8 Å². The van der Waals surface area contributed by atoms with Gasteiger partial charge in [0.05, 0.1) is 12.0 Å². The fourth-order valence-electron chi connectivity index (χ4n) is 3.47. The number of ether oxygens (including phenoxy) is 2. The SMILES string of the molecule is CC(C)(C(=O)NCC(=O)Nc1cccc2ccccc12)c1ccc2c(c1)OCCO2. The number of nitrogens with one attached hydrogen (secondary N) is 2. The monoisotopic (exact) mass is 404 g/mol. The fraction of sp³-hybridized carbons (Fsp3) is 0.250. The van der Waals surface area contributed by atoms with Crippen molar-refractivity contribution in [3.63, 3.8) is 0 Å². The van der Waals surface area contributed by atoms with E-state index in [2.05, 4.69) is 10.6 Å². The van der Waals surface area contributed by atoms with Crippen LogP contribution in [0.2, 0.25) is 0 Å². The Morgan fingerprint density at radius 2 is 1.67 bits per heavy atom. The van der Waals surface area contributed by atoms with Crippen molar-refractivity contribution in [2.75, 3.05) is 25.1 Å². The van der Waals surface area contributed by atoms with Crippen LogP contribution in [-0.4, -0.2) is 31.6 Å². The first-order chi connectivity index (χ1) is 14.4. The van der Waals surface area contributed by atoms with Crippen molar-refractivity contribution in [3.05, 3.63) is 66.2 Å². The smallest absolute Gasteiger partial charge is 0.243 e. The Hall–Kier alpha value is -3.54. The molecule has 2 N–H and O–H groups in total. The quantitative estimate of drug-likeness (QED) is 0.681. The molecule has 0 radical (unpaired) electrons. The molecule has 0 saturated heterocycles. The van der Waals surface area contributed by atoms with Gasteiger partial charge in [-0.1, -0.05) is 42.5 Å². The Kier molecular flexibility index (Phi) is 5.31. The Bertz CT molecular complexity index is 1100. The lowest BCUT2D eigenvalue weighted by molar-refractivity contribution is -0.127. The summed E-state index contributed by atoms with van der Waals surface area (Å²) in [6.07, 6.45) is 0. The van der Waals surface area contributed by atoms with Crippen LogP contribution in [0.1, 0.15) is 19.4 Å². The number of anilines is 1. The molecule has 2 amide bonds. The van der Waals surface area contributed by atoms with E-state index < -0.39 is 5.41 Å². The van der Waals surface area contributed by atoms with Crippen LogP contribution in [0.3, 0.4) is 0 Å². The normalized spacial score (nSPS) is 13.0. The number of hydrogen-bond acceptors (Lipinski definition) is 4. The van der Waals surface area contributed by atoms with Gasteiger partial charge in [-0.2, -0.15) is 0 Å². The van der Waals surface area contributed by atoms with E-state index in [1.165, 1.54) is 0 Å². The number of fused-ring (bicyclic) bond motifs is 2. The number of carbonyl (C=O) groups excluding carboxylic acids is 2. The summed E-state index contributed by atoms with van der Waals surface area (Å²) >= 11 is 0. The molecule has 0 fully saturated rings. The van der Waals surface area contributed by atoms with Crippen molar-refractivity contribution in [2.45, 2.75) is 19.3 Å². The zero-order valence-electron chi connectivity index (χ0n) is 17.0. The van der Waals surface area contributed by atoms with Crippen molar-refractivity contribution in [2.24, 2.45) is 0 Å². The number of amides is 2. The summed E-state index contributed by atoms with van der Waals surface area (Å²) < 4.78 is 11.2. The van der Waals surface area contributed by atoms with E-state index in [4.69, 9.17) is 9.47 Å². The zero-order valence-corrected chi connectivity index (χ0v) is 17.0. The van der Waals surface area contributed by atoms with Gasteiger partial charge in [-0.15, -0.1) is 0 Å². The van der Waals surface area contributed by atoms with Crippen molar-refractivity contribution < 1.29 is 19.1 Å². The maximum atomic E-state index is 12.8. The molecule has 4 rings (SSSR count). The highest BCUT2D eigenvalue weighted by Crippen LogP contribution is 2.35. The van der Waals surface area contributed by atoms with Crippen LogP contribution in [0.25, 0.3) is 10.8 Å². The van der Waals surface area contributed by atoms with E-state index in [9.17, 15) is 9.59 Å². The predicted molar refractivity (Wildman–Crippen MR) is 116 cm³/mol. The molecule has 0 aromatic heterocycles. The van der Waals surface area contributed by atoms with E-state index in [-0.39, 0.29) is 18.4 Å². The summed E-state index contributed by atoms with van der Waals surface area (Å²) in [6.45, 7) is 4.52. The van der Waals surface area contributed by atoms with Crippen LogP contribution in [0.4, 0.5) is 5.69 Å². The maximum absolute atomic E-state index is 12.8. The second-order valence-electron chi connectivity index (χ2n) is 7.74. The Morgan fingerprint density at radius 1 is 0.933 bits per heavy atom. The van der Waals surface area contributed by atoms with Crippen molar-refractivity contribution in [1.82, 2.24) is 5.32 Å². The molecule has 154 valence electrons. The van der Waals surface area contributed by atoms with Crippen LogP contribution < -0.4 is 20.1 Å². The van der Waals surface area contributed by atoms with Crippen LogP contribution in [0.5, 0.6) is 11.5 Å². The first-order valence-electron chi connectivity index (χ1n) is 9.91. The molecule has 3 aromatic rings. The molecular formula is C24H24N2O4. The molecule has 30 heavy (non-hydrogen) atoms. The molecule has 6 nitrogen and oxygen atoms in total. The standard InChI is InChI=1S/C24H24N2O4/c1-24(2,17-10-11-20-21(14-17)30-13-12-29-20)23(28)25-15-22(27)26-19-9-5-7-16-6-3-4-8-18(16)19/h3-11,14H,12-13,15H2,1-2H3,(H,25,28)(H,26,27). The van der Waals surface area contributed by atoms with Gasteiger partial charge in [0, 0.05) is 11.1 Å². The van der Waals surface area contributed by atoms with Crippen LogP contribution in [0.15, 0.2) is 60.7 Å². The number of benzene rings is 3. The van der Waals surface area contributed by atoms with E-state index in [0.717, 1.165) is 22.0 Å². The lowest BCUT2D eigenvalue weighted by Crippen LogP contribution is -2.43. The van der Waals surface area contributed by atoms with Gasteiger partial charge in [-0.25, -0.2) is 0 Å². The van der Waals surface area contributed by atoms with Gasteiger partial charge in [-0.3, -0.25) is 9.59 Å². The molecular weight excluding hydrogens is 380 g/mol. The van der Waals surface area contributed by atoms with Gasteiger partial charge in [0.25, 0.3) is 0 Å². The van der Waals surface area contributed by atoms with Gasteiger partial charge in [-0.05, 0) is 43.0 Å². The molecule has 1 heterocycles. The fourth-order valence-corrected chi connectivity index (χ4v) is 3.47. The summed E-state index contributed by atoms with van der Waals surface area (Å²) in [7, 11) is 0. The minimum atomic E-state index is -0.838. The van der Waals surface area contributed by atoms with Gasteiger partial charge in [0.15, 0.2) is 11.5 Å². The minimum Gasteiger partial charge on any atom is -0.486 e. The maximum Gasteiger partial charge on any atom is 0.243 e. The van der Waals surface area contributed by atoms with Gasteiger partial charge < -0.3 is 20.1 Å². The molecule has 0 saturated carbocycles. The Balaban J connectivity index is 1.41. The average Bonchev–Trinajstić information content (AvgIpc) is 2.77. The Labute approximate surface area is 175 Å². The Morgan fingerprint density at radius 3 is 2.50 bits per heavy atom. The molecule has 1 aliphatic rings. The third-order valence-corrected chi connectivity index (χ3v) is 5.30. The van der Waals surface area contributed by atoms with Gasteiger partial charge >= 0.3 is 0 Å². The molecule has 6 heteroatoms. The molecule has 0 spiro atoms. The molecule has 0 aliphatic carbocycles. The second kappa shape index (κ2) is 8.06. The summed E-state index contributed by atoms with van der Waals surface area (Å²) in [4.78, 5) is 25.3. The molecule has 0 bridgehead atoms. The number of carbonyl (C=O) groups is 2. The minimum absolute atomic E-state index is 0.115. The molecule has 0 atom stereocenters. The first-order valence-corrected chi connectivity index (χ1v) is 9.91. The highest BCUT2D eigenvalue weighted by atomic mass is 16.6. The van der Waals surface area contributed by atoms with E-state index in [0.29, 0.717) is 24.7 Å². The van der Waals surface area contributed by atoms with Crippen molar-refractivity contribution >= 4 is 28.3 Å². The summed E-state index contributed by atoms with van der Waals surface area (Å²) in [5.74, 6) is 0.786. The molecule has 0 unspecified atom stereocenters. The van der Waals surface area contributed by atoms with Crippen LogP contribution >= 0.6 is 0 Å². The first kappa shape index (κ1) is 19.8. The van der Waals surface area contributed by atoms with Crippen molar-refractivity contribution in [3.8, 4) is 11.5 Å². The molecule has 3 aromatic carbocycles. The lowest BCUT2D eigenvalue weighted by atomic mass is 9.83. The zero-order chi connectivity index (χ0) is 21.1. The summed E-state index contributed by atoms with van der Waals surface area (Å²) in [6, 6.07) is 19.0.